The molecule has 0 aromatic rings. The molecule has 0 saturated heterocycles. The first-order valence-corrected chi connectivity index (χ1v) is 10.2. The average molecular weight is 337 g/mol. The third kappa shape index (κ3) is 1.67. The molecule has 1 heterocycles. The third-order valence-electron chi connectivity index (χ3n) is 8.85. The minimum atomic E-state index is 0.00777. The maximum absolute atomic E-state index is 11.0. The Morgan fingerprint density at radius 3 is 3.04 bits per heavy atom. The smallest absolute Gasteiger partial charge is 0.0962 e. The van der Waals surface area contributed by atoms with Gasteiger partial charge in [0.1, 0.15) is 0 Å². The van der Waals surface area contributed by atoms with E-state index < -0.39 is 0 Å². The first kappa shape index (κ1) is 14.9. The SMILES string of the molecule is C[C@]12CCC3C4=C(C=CC3C1C1CC1[C@@]21C=CCO1)CC(N=O)CC4. The summed E-state index contributed by atoms with van der Waals surface area (Å²) in [7, 11) is 0. The van der Waals surface area contributed by atoms with E-state index in [1.54, 1.807) is 5.57 Å². The molecule has 25 heavy (non-hydrogen) atoms. The lowest BCUT2D eigenvalue weighted by atomic mass is 9.52. The zero-order valence-corrected chi connectivity index (χ0v) is 15.0. The van der Waals surface area contributed by atoms with Crippen LogP contribution in [0.25, 0.3) is 0 Å². The fourth-order valence-corrected chi connectivity index (χ4v) is 7.82. The van der Waals surface area contributed by atoms with Gasteiger partial charge in [-0.25, -0.2) is 0 Å². The molecule has 3 fully saturated rings. The van der Waals surface area contributed by atoms with Gasteiger partial charge in [0, 0.05) is 5.41 Å². The second kappa shape index (κ2) is 4.73. The summed E-state index contributed by atoms with van der Waals surface area (Å²) in [5, 5.41) is 3.33. The van der Waals surface area contributed by atoms with Crippen molar-refractivity contribution >= 4 is 0 Å². The third-order valence-corrected chi connectivity index (χ3v) is 8.85. The van der Waals surface area contributed by atoms with Gasteiger partial charge in [-0.3, -0.25) is 0 Å². The van der Waals surface area contributed by atoms with Gasteiger partial charge < -0.3 is 4.74 Å². The molecule has 3 saturated carbocycles. The Kier molecular flexibility index (Phi) is 2.82. The number of fused-ring (bicyclic) bond motifs is 8. The van der Waals surface area contributed by atoms with Crippen molar-refractivity contribution in [2.24, 2.45) is 40.2 Å². The summed E-state index contributed by atoms with van der Waals surface area (Å²) in [4.78, 5) is 11.0. The molecule has 1 aliphatic heterocycles. The van der Waals surface area contributed by atoms with Gasteiger partial charge in [0.25, 0.3) is 0 Å². The summed E-state index contributed by atoms with van der Waals surface area (Å²) in [6.45, 7) is 3.34. The number of nitroso groups, excluding NO2 is 1. The molecule has 6 aliphatic rings. The summed E-state index contributed by atoms with van der Waals surface area (Å²) in [5.41, 5.74) is 3.46. The zero-order chi connectivity index (χ0) is 16.8. The standard InChI is InChI=1S/C22H27NO2/c1-21-9-7-16-15-6-4-14(23-24)11-13(15)3-5-17(16)20(21)18-12-19(18)22(21)8-2-10-25-22/h2-3,5,8,14,16-20H,4,6-7,9-12H2,1H3/t14?,16?,17?,18?,19?,20?,21-,22-/m0/s1. The second-order valence-corrected chi connectivity index (χ2v) is 9.59. The summed E-state index contributed by atoms with van der Waals surface area (Å²) in [5.74, 6) is 3.79. The molecule has 3 nitrogen and oxygen atoms in total. The van der Waals surface area contributed by atoms with Gasteiger partial charge in [0.15, 0.2) is 0 Å². The largest absolute Gasteiger partial charge is 0.366 e. The molecular formula is C22H27NO2. The predicted molar refractivity (Wildman–Crippen MR) is 96.8 cm³/mol. The van der Waals surface area contributed by atoms with Gasteiger partial charge in [-0.05, 0) is 73.7 Å². The van der Waals surface area contributed by atoms with Crippen molar-refractivity contribution in [2.45, 2.75) is 57.1 Å². The van der Waals surface area contributed by atoms with Crippen LogP contribution in [0, 0.1) is 39.9 Å². The van der Waals surface area contributed by atoms with Gasteiger partial charge in [0.2, 0.25) is 0 Å². The first-order chi connectivity index (χ1) is 12.2. The van der Waals surface area contributed by atoms with Crippen molar-refractivity contribution in [3.8, 4) is 0 Å². The fourth-order valence-electron chi connectivity index (χ4n) is 7.82. The first-order valence-electron chi connectivity index (χ1n) is 10.2. The fraction of sp³-hybridized carbons (Fsp3) is 0.727. The highest BCUT2D eigenvalue weighted by molar-refractivity contribution is 5.40. The molecular weight excluding hydrogens is 310 g/mol. The number of ether oxygens (including phenoxy) is 1. The Morgan fingerprint density at radius 2 is 2.24 bits per heavy atom. The molecule has 5 aliphatic carbocycles. The highest BCUT2D eigenvalue weighted by Crippen LogP contribution is 2.76. The average Bonchev–Trinajstić information content (AvgIpc) is 3.20. The van der Waals surface area contributed by atoms with E-state index in [-0.39, 0.29) is 11.6 Å². The molecule has 0 N–H and O–H groups in total. The van der Waals surface area contributed by atoms with E-state index in [2.05, 4.69) is 36.4 Å². The van der Waals surface area contributed by atoms with Crippen molar-refractivity contribution in [1.29, 1.82) is 0 Å². The molecule has 0 aromatic carbocycles. The molecule has 6 unspecified atom stereocenters. The van der Waals surface area contributed by atoms with Crippen LogP contribution >= 0.6 is 0 Å². The molecule has 8 atom stereocenters. The monoisotopic (exact) mass is 337 g/mol. The van der Waals surface area contributed by atoms with E-state index in [1.165, 1.54) is 24.8 Å². The normalized spacial score (nSPS) is 54.9. The van der Waals surface area contributed by atoms with Crippen LogP contribution in [-0.4, -0.2) is 18.2 Å². The Hall–Kier alpha value is -1.22. The van der Waals surface area contributed by atoms with E-state index in [4.69, 9.17) is 4.74 Å². The van der Waals surface area contributed by atoms with Gasteiger partial charge in [-0.1, -0.05) is 42.0 Å². The van der Waals surface area contributed by atoms with Gasteiger partial charge >= 0.3 is 0 Å². The van der Waals surface area contributed by atoms with Crippen molar-refractivity contribution in [1.82, 2.24) is 0 Å². The molecule has 1 spiro atoms. The lowest BCUT2D eigenvalue weighted by Gasteiger charge is -2.54. The zero-order valence-electron chi connectivity index (χ0n) is 15.0. The van der Waals surface area contributed by atoms with Crippen molar-refractivity contribution < 1.29 is 4.74 Å². The molecule has 0 amide bonds. The summed E-state index contributed by atoms with van der Waals surface area (Å²) in [6.07, 6.45) is 16.5. The maximum Gasteiger partial charge on any atom is 0.0962 e. The number of hydrogen-bond donors (Lipinski definition) is 0. The van der Waals surface area contributed by atoms with Crippen LogP contribution in [0.1, 0.15) is 45.4 Å². The number of allylic oxidation sites excluding steroid dienone is 3. The van der Waals surface area contributed by atoms with Crippen molar-refractivity contribution in [3.05, 3.63) is 40.4 Å². The second-order valence-electron chi connectivity index (χ2n) is 9.59. The molecule has 132 valence electrons. The highest BCUT2D eigenvalue weighted by Gasteiger charge is 2.76. The molecule has 6 rings (SSSR count). The Balaban J connectivity index is 1.37. The topological polar surface area (TPSA) is 38.7 Å². The summed E-state index contributed by atoms with van der Waals surface area (Å²) < 4.78 is 6.45. The Labute approximate surface area is 149 Å². The van der Waals surface area contributed by atoms with Crippen LogP contribution in [-0.2, 0) is 4.74 Å². The van der Waals surface area contributed by atoms with Crippen LogP contribution in [0.5, 0.6) is 0 Å². The summed E-state index contributed by atoms with van der Waals surface area (Å²) >= 11 is 0. The van der Waals surface area contributed by atoms with Crippen LogP contribution in [0.15, 0.2) is 40.6 Å². The highest BCUT2D eigenvalue weighted by atomic mass is 16.5. The number of nitrogens with zero attached hydrogens (tertiary/aromatic N) is 1. The van der Waals surface area contributed by atoms with Crippen LogP contribution in [0.3, 0.4) is 0 Å². The van der Waals surface area contributed by atoms with Gasteiger partial charge in [-0.15, -0.1) is 0 Å². The molecule has 3 heteroatoms. The van der Waals surface area contributed by atoms with Gasteiger partial charge in [0.05, 0.1) is 18.2 Å². The Morgan fingerprint density at radius 1 is 1.32 bits per heavy atom. The Bertz CT molecular complexity index is 736. The van der Waals surface area contributed by atoms with Crippen molar-refractivity contribution in [2.75, 3.05) is 6.61 Å². The van der Waals surface area contributed by atoms with Crippen LogP contribution in [0.4, 0.5) is 0 Å². The van der Waals surface area contributed by atoms with E-state index in [0.29, 0.717) is 17.3 Å². The van der Waals surface area contributed by atoms with Crippen LogP contribution in [0.2, 0.25) is 0 Å². The summed E-state index contributed by atoms with van der Waals surface area (Å²) in [6, 6.07) is 0.00777. The molecule has 0 aromatic heterocycles. The lowest BCUT2D eigenvalue weighted by Crippen LogP contribution is -2.53. The maximum atomic E-state index is 11.0. The predicted octanol–water partition coefficient (Wildman–Crippen LogP) is 4.80. The van der Waals surface area contributed by atoms with E-state index >= 15 is 0 Å². The minimum Gasteiger partial charge on any atom is -0.366 e. The van der Waals surface area contributed by atoms with Crippen molar-refractivity contribution in [3.63, 3.8) is 0 Å². The van der Waals surface area contributed by atoms with E-state index in [1.807, 2.05) is 0 Å². The van der Waals surface area contributed by atoms with Gasteiger partial charge in [-0.2, -0.15) is 4.91 Å². The number of hydrogen-bond acceptors (Lipinski definition) is 3. The number of rotatable bonds is 1. The van der Waals surface area contributed by atoms with E-state index in [9.17, 15) is 4.91 Å². The molecule has 0 radical (unpaired) electrons. The van der Waals surface area contributed by atoms with Crippen LogP contribution < -0.4 is 0 Å². The molecule has 0 bridgehead atoms. The lowest BCUT2D eigenvalue weighted by molar-refractivity contribution is -0.114. The minimum absolute atomic E-state index is 0.00777. The quantitative estimate of drug-likeness (QED) is 0.509. The van der Waals surface area contributed by atoms with E-state index in [0.717, 1.165) is 43.6 Å².